The molecule has 0 fully saturated rings. The van der Waals surface area contributed by atoms with Crippen LogP contribution < -0.4 is 5.32 Å². The first kappa shape index (κ1) is 22.9. The van der Waals surface area contributed by atoms with Gasteiger partial charge in [0.05, 0.1) is 10.2 Å². The fourth-order valence-corrected chi connectivity index (χ4v) is 4.29. The van der Waals surface area contributed by atoms with Crippen molar-refractivity contribution in [3.63, 3.8) is 0 Å². The van der Waals surface area contributed by atoms with Crippen LogP contribution in [0, 0.1) is 5.41 Å². The van der Waals surface area contributed by atoms with E-state index >= 15 is 0 Å². The van der Waals surface area contributed by atoms with E-state index in [-0.39, 0.29) is 23.8 Å². The maximum Gasteiger partial charge on any atom is 0.407 e. The summed E-state index contributed by atoms with van der Waals surface area (Å²) in [6, 6.07) is 17.4. The molecule has 0 aliphatic carbocycles. The molecule has 0 spiro atoms. The van der Waals surface area contributed by atoms with Crippen LogP contribution in [0.3, 0.4) is 0 Å². The number of carbonyl (C=O) groups is 2. The zero-order chi connectivity index (χ0) is 22.3. The lowest BCUT2D eigenvalue weighted by Crippen LogP contribution is -2.43. The molecule has 0 bridgehead atoms. The first-order valence-electron chi connectivity index (χ1n) is 10.7. The highest BCUT2D eigenvalue weighted by atomic mass is 32.1. The van der Waals surface area contributed by atoms with E-state index in [2.05, 4.69) is 31.1 Å². The molecule has 0 saturated carbocycles. The monoisotopic (exact) mass is 438 g/mol. The summed E-state index contributed by atoms with van der Waals surface area (Å²) >= 11 is 1.45. The first-order chi connectivity index (χ1) is 14.8. The number of ketones is 1. The van der Waals surface area contributed by atoms with Gasteiger partial charge in [-0.25, -0.2) is 9.78 Å². The fourth-order valence-electron chi connectivity index (χ4n) is 3.36. The molecule has 1 heterocycles. The summed E-state index contributed by atoms with van der Waals surface area (Å²) < 4.78 is 6.41. The molecule has 1 atom stereocenters. The minimum Gasteiger partial charge on any atom is -0.445 e. The van der Waals surface area contributed by atoms with Gasteiger partial charge in [0.2, 0.25) is 0 Å². The van der Waals surface area contributed by atoms with Gasteiger partial charge in [-0.15, -0.1) is 11.3 Å². The SMILES string of the molecule is CC(C)(C)C(CCCCC(=O)c1nc2ccccc2s1)NC(=O)OCc1ccccc1. The molecule has 31 heavy (non-hydrogen) atoms. The van der Waals surface area contributed by atoms with Gasteiger partial charge in [-0.1, -0.05) is 69.7 Å². The highest BCUT2D eigenvalue weighted by Crippen LogP contribution is 2.26. The molecule has 1 amide bonds. The lowest BCUT2D eigenvalue weighted by Gasteiger charge is -2.31. The quantitative estimate of drug-likeness (QED) is 0.311. The second kappa shape index (κ2) is 10.5. The standard InChI is InChI=1S/C25H30N2O3S/c1-25(2,3)22(27-24(29)30-17-18-11-5-4-6-12-18)16-10-8-14-20(28)23-26-19-13-7-9-15-21(19)31-23/h4-7,9,11-13,15,22H,8,10,14,16-17H2,1-3H3,(H,27,29). The third-order valence-corrected chi connectivity index (χ3v) is 6.31. The van der Waals surface area contributed by atoms with Crippen molar-refractivity contribution in [2.45, 2.75) is 59.1 Å². The average molecular weight is 439 g/mol. The van der Waals surface area contributed by atoms with Gasteiger partial charge in [0, 0.05) is 12.5 Å². The van der Waals surface area contributed by atoms with Gasteiger partial charge in [0.25, 0.3) is 0 Å². The van der Waals surface area contributed by atoms with Gasteiger partial charge >= 0.3 is 6.09 Å². The van der Waals surface area contributed by atoms with Crippen molar-refractivity contribution in [2.24, 2.45) is 5.41 Å². The molecule has 0 aliphatic rings. The van der Waals surface area contributed by atoms with Crippen molar-refractivity contribution < 1.29 is 14.3 Å². The molecular formula is C25H30N2O3S. The largest absolute Gasteiger partial charge is 0.445 e. The Morgan fingerprint density at radius 1 is 1.03 bits per heavy atom. The number of benzene rings is 2. The van der Waals surface area contributed by atoms with Gasteiger partial charge < -0.3 is 10.1 Å². The lowest BCUT2D eigenvalue weighted by molar-refractivity contribution is 0.0976. The number of ether oxygens (including phenoxy) is 1. The Morgan fingerprint density at radius 2 is 1.74 bits per heavy atom. The van der Waals surface area contributed by atoms with Crippen LogP contribution in [-0.4, -0.2) is 22.9 Å². The Balaban J connectivity index is 1.45. The third kappa shape index (κ3) is 6.89. The topological polar surface area (TPSA) is 68.3 Å². The van der Waals surface area contributed by atoms with Gasteiger partial charge in [0.15, 0.2) is 10.8 Å². The highest BCUT2D eigenvalue weighted by molar-refractivity contribution is 7.20. The van der Waals surface area contributed by atoms with E-state index in [4.69, 9.17) is 4.74 Å². The molecule has 1 unspecified atom stereocenters. The summed E-state index contributed by atoms with van der Waals surface area (Å²) in [5.74, 6) is 0.0868. The number of thiazole rings is 1. The minimum absolute atomic E-state index is 0.0340. The molecule has 2 aromatic carbocycles. The number of carbonyl (C=O) groups excluding carboxylic acids is 2. The van der Waals surface area contributed by atoms with Crippen LogP contribution in [0.25, 0.3) is 10.2 Å². The number of fused-ring (bicyclic) bond motifs is 1. The van der Waals surface area contributed by atoms with E-state index in [0.29, 0.717) is 11.4 Å². The number of hydrogen-bond acceptors (Lipinski definition) is 5. The zero-order valence-corrected chi connectivity index (χ0v) is 19.2. The van der Waals surface area contributed by atoms with E-state index in [1.165, 1.54) is 11.3 Å². The van der Waals surface area contributed by atoms with Crippen LogP contribution in [0.2, 0.25) is 0 Å². The number of Topliss-reactive ketones (excluding diaryl/α,β-unsaturated/α-hetero) is 1. The second-order valence-corrected chi connectivity index (χ2v) is 9.81. The Labute approximate surface area is 187 Å². The first-order valence-corrected chi connectivity index (χ1v) is 11.5. The van der Waals surface area contributed by atoms with Gasteiger partial charge in [-0.2, -0.15) is 0 Å². The molecule has 6 heteroatoms. The van der Waals surface area contributed by atoms with E-state index in [0.717, 1.165) is 35.0 Å². The lowest BCUT2D eigenvalue weighted by atomic mass is 9.83. The van der Waals surface area contributed by atoms with Gasteiger partial charge in [0.1, 0.15) is 6.61 Å². The number of alkyl carbamates (subject to hydrolysis) is 1. The number of amides is 1. The van der Waals surface area contributed by atoms with Crippen molar-refractivity contribution in [3.8, 4) is 0 Å². The Kier molecular flexibility index (Phi) is 7.80. The zero-order valence-electron chi connectivity index (χ0n) is 18.4. The molecule has 1 N–H and O–H groups in total. The van der Waals surface area contributed by atoms with E-state index in [1.54, 1.807) is 0 Å². The van der Waals surface area contributed by atoms with Crippen LogP contribution in [-0.2, 0) is 11.3 Å². The predicted octanol–water partition coefficient (Wildman–Crippen LogP) is 6.38. The van der Waals surface area contributed by atoms with Crippen LogP contribution >= 0.6 is 11.3 Å². The summed E-state index contributed by atoms with van der Waals surface area (Å²) in [5.41, 5.74) is 1.73. The summed E-state index contributed by atoms with van der Waals surface area (Å²) in [6.45, 7) is 6.55. The predicted molar refractivity (Wildman–Crippen MR) is 125 cm³/mol. The molecular weight excluding hydrogens is 408 g/mol. The second-order valence-electron chi connectivity index (χ2n) is 8.78. The Morgan fingerprint density at radius 3 is 2.45 bits per heavy atom. The number of nitrogens with zero attached hydrogens (tertiary/aromatic N) is 1. The average Bonchev–Trinajstić information content (AvgIpc) is 3.18. The molecule has 164 valence electrons. The van der Waals surface area contributed by atoms with E-state index in [9.17, 15) is 9.59 Å². The molecule has 1 aromatic heterocycles. The Hall–Kier alpha value is -2.73. The number of hydrogen-bond donors (Lipinski definition) is 1. The van der Waals surface area contributed by atoms with Gasteiger partial charge in [-0.3, -0.25) is 4.79 Å². The Bertz CT molecular complexity index is 975. The van der Waals surface area contributed by atoms with Crippen LogP contribution in [0.1, 0.15) is 61.8 Å². The van der Waals surface area contributed by atoms with Crippen molar-refractivity contribution in [2.75, 3.05) is 0 Å². The minimum atomic E-state index is -0.408. The fraction of sp³-hybridized carbons (Fsp3) is 0.400. The van der Waals surface area contributed by atoms with E-state index in [1.807, 2.05) is 54.6 Å². The van der Waals surface area contributed by atoms with Crippen LogP contribution in [0.4, 0.5) is 4.79 Å². The molecule has 0 saturated heterocycles. The highest BCUT2D eigenvalue weighted by Gasteiger charge is 2.26. The summed E-state index contributed by atoms with van der Waals surface area (Å²) in [5, 5.41) is 3.59. The van der Waals surface area contributed by atoms with Crippen molar-refractivity contribution >= 4 is 33.4 Å². The molecule has 3 aromatic rings. The number of nitrogens with one attached hydrogen (secondary N) is 1. The summed E-state index contributed by atoms with van der Waals surface area (Å²) in [6.07, 6.45) is 2.46. The molecule has 5 nitrogen and oxygen atoms in total. The van der Waals surface area contributed by atoms with Crippen molar-refractivity contribution in [3.05, 3.63) is 65.2 Å². The number of aromatic nitrogens is 1. The maximum atomic E-state index is 12.5. The van der Waals surface area contributed by atoms with Gasteiger partial charge in [-0.05, 0) is 36.0 Å². The van der Waals surface area contributed by atoms with Crippen LogP contribution in [0.5, 0.6) is 0 Å². The smallest absolute Gasteiger partial charge is 0.407 e. The number of unbranched alkanes of at least 4 members (excludes halogenated alkanes) is 1. The van der Waals surface area contributed by atoms with Crippen molar-refractivity contribution in [1.29, 1.82) is 0 Å². The summed E-state index contributed by atoms with van der Waals surface area (Å²) in [4.78, 5) is 29.2. The van der Waals surface area contributed by atoms with E-state index < -0.39 is 6.09 Å². The summed E-state index contributed by atoms with van der Waals surface area (Å²) in [7, 11) is 0. The molecule has 0 aliphatic heterocycles. The van der Waals surface area contributed by atoms with Crippen LogP contribution in [0.15, 0.2) is 54.6 Å². The molecule has 3 rings (SSSR count). The van der Waals surface area contributed by atoms with Crippen molar-refractivity contribution in [1.82, 2.24) is 10.3 Å². The number of para-hydroxylation sites is 1. The molecule has 0 radical (unpaired) electrons. The maximum absolute atomic E-state index is 12.5. The number of rotatable bonds is 9. The normalized spacial score (nSPS) is 12.5. The third-order valence-electron chi connectivity index (χ3n) is 5.23.